The van der Waals surface area contributed by atoms with Gasteiger partial charge in [-0.25, -0.2) is 16.8 Å². The van der Waals surface area contributed by atoms with Crippen LogP contribution in [-0.2, 0) is 31.4 Å². The minimum Gasteiger partial charge on any atom is -0.325 e. The number of carbonyl (C=O) groups excluding carboxylic acids is 1. The molecule has 4 rings (SSSR count). The lowest BCUT2D eigenvalue weighted by molar-refractivity contribution is -0.116. The molecule has 38 heavy (non-hydrogen) atoms. The van der Waals surface area contributed by atoms with E-state index in [0.717, 1.165) is 14.3 Å². The molecule has 3 aromatic rings. The van der Waals surface area contributed by atoms with Crippen LogP contribution >= 0.6 is 15.9 Å². The lowest BCUT2D eigenvalue weighted by Crippen LogP contribution is -2.46. The van der Waals surface area contributed by atoms with E-state index >= 15 is 0 Å². The number of likely N-dealkylation sites (N-methyl/N-ethyl adjacent to an activating group) is 1. The average molecular weight is 622 g/mol. The van der Waals surface area contributed by atoms with E-state index in [0.29, 0.717) is 31.9 Å². The van der Waals surface area contributed by atoms with Gasteiger partial charge in [0.15, 0.2) is 0 Å². The van der Waals surface area contributed by atoms with Crippen LogP contribution in [0.5, 0.6) is 0 Å². The van der Waals surface area contributed by atoms with Crippen molar-refractivity contribution in [2.75, 3.05) is 45.1 Å². The van der Waals surface area contributed by atoms with Gasteiger partial charge in [-0.2, -0.15) is 8.61 Å². The number of nitrogens with one attached hydrogen (secondary N) is 1. The number of rotatable bonds is 9. The van der Waals surface area contributed by atoms with Crippen LogP contribution in [0.3, 0.4) is 0 Å². The number of anilines is 1. The third-order valence-electron chi connectivity index (χ3n) is 6.21. The Morgan fingerprint density at radius 1 is 0.842 bits per heavy atom. The Morgan fingerprint density at radius 3 is 2.03 bits per heavy atom. The molecular formula is C26H29BrN4O5S2. The van der Waals surface area contributed by atoms with Gasteiger partial charge in [0, 0.05) is 42.9 Å². The van der Waals surface area contributed by atoms with Gasteiger partial charge in [0.25, 0.3) is 0 Å². The molecule has 1 saturated heterocycles. The molecule has 0 spiro atoms. The number of amides is 1. The molecule has 9 nitrogen and oxygen atoms in total. The zero-order valence-electron chi connectivity index (χ0n) is 20.8. The number of carbonyl (C=O) groups is 1. The van der Waals surface area contributed by atoms with Crippen LogP contribution in [0, 0.1) is 0 Å². The quantitative estimate of drug-likeness (QED) is 0.394. The Bertz CT molecular complexity index is 1460. The predicted molar refractivity (Wildman–Crippen MR) is 150 cm³/mol. The van der Waals surface area contributed by atoms with Crippen LogP contribution in [0.25, 0.3) is 0 Å². The number of piperazine rings is 1. The summed E-state index contributed by atoms with van der Waals surface area (Å²) in [6, 6.07) is 21.2. The summed E-state index contributed by atoms with van der Waals surface area (Å²) >= 11 is 3.31. The summed E-state index contributed by atoms with van der Waals surface area (Å²) in [6.07, 6.45) is 0. The second kappa shape index (κ2) is 12.1. The minimum atomic E-state index is -3.98. The molecule has 0 atom stereocenters. The molecule has 202 valence electrons. The molecule has 1 amide bonds. The van der Waals surface area contributed by atoms with E-state index in [9.17, 15) is 21.6 Å². The van der Waals surface area contributed by atoms with Crippen LogP contribution in [0.4, 0.5) is 5.69 Å². The summed E-state index contributed by atoms with van der Waals surface area (Å²) in [6.45, 7) is 1.75. The van der Waals surface area contributed by atoms with Crippen molar-refractivity contribution in [2.24, 2.45) is 0 Å². The van der Waals surface area contributed by atoms with Crippen molar-refractivity contribution in [1.82, 2.24) is 13.5 Å². The highest BCUT2D eigenvalue weighted by Gasteiger charge is 2.29. The number of nitrogens with zero attached hydrogens (tertiary/aromatic N) is 3. The molecule has 0 radical (unpaired) electrons. The SMILES string of the molecule is CN1CCN(S(=O)(=O)c2ccc(NC(=O)CN(Cc3ccccc3)S(=O)(=O)c3ccc(Br)cc3)cc2)CC1. The van der Waals surface area contributed by atoms with Crippen LogP contribution in [0.1, 0.15) is 5.56 Å². The van der Waals surface area contributed by atoms with Crippen molar-refractivity contribution in [2.45, 2.75) is 16.3 Å². The summed E-state index contributed by atoms with van der Waals surface area (Å²) in [5, 5.41) is 2.69. The van der Waals surface area contributed by atoms with Crippen molar-refractivity contribution in [3.8, 4) is 0 Å². The molecule has 3 aromatic carbocycles. The van der Waals surface area contributed by atoms with Crippen molar-refractivity contribution in [1.29, 1.82) is 0 Å². The van der Waals surface area contributed by atoms with Gasteiger partial charge in [-0.05, 0) is 61.1 Å². The third-order valence-corrected chi connectivity index (χ3v) is 10.5. The first-order valence-electron chi connectivity index (χ1n) is 11.9. The average Bonchev–Trinajstić information content (AvgIpc) is 2.90. The van der Waals surface area contributed by atoms with Crippen molar-refractivity contribution in [3.63, 3.8) is 0 Å². The lowest BCUT2D eigenvalue weighted by atomic mass is 10.2. The summed E-state index contributed by atoms with van der Waals surface area (Å²) in [4.78, 5) is 15.2. The number of halogens is 1. The van der Waals surface area contributed by atoms with Gasteiger partial charge in [-0.15, -0.1) is 0 Å². The molecule has 1 N–H and O–H groups in total. The van der Waals surface area contributed by atoms with E-state index in [1.165, 1.54) is 40.7 Å². The molecule has 0 aromatic heterocycles. The Balaban J connectivity index is 1.49. The Hall–Kier alpha value is -2.61. The zero-order valence-corrected chi connectivity index (χ0v) is 24.0. The Morgan fingerprint density at radius 2 is 1.42 bits per heavy atom. The zero-order chi connectivity index (χ0) is 27.3. The second-order valence-corrected chi connectivity index (χ2v) is 13.8. The fraction of sp³-hybridized carbons (Fsp3) is 0.269. The van der Waals surface area contributed by atoms with Gasteiger partial charge in [0.1, 0.15) is 0 Å². The Labute approximate surface area is 232 Å². The van der Waals surface area contributed by atoms with Gasteiger partial charge in [-0.3, -0.25) is 4.79 Å². The topological polar surface area (TPSA) is 107 Å². The highest BCUT2D eigenvalue weighted by atomic mass is 79.9. The van der Waals surface area contributed by atoms with Crippen molar-refractivity contribution >= 4 is 47.6 Å². The maximum Gasteiger partial charge on any atom is 0.243 e. The minimum absolute atomic E-state index is 0.00879. The van der Waals surface area contributed by atoms with Crippen LogP contribution < -0.4 is 5.32 Å². The van der Waals surface area contributed by atoms with Crippen molar-refractivity contribution in [3.05, 3.63) is 88.9 Å². The number of hydrogen-bond donors (Lipinski definition) is 1. The van der Waals surface area contributed by atoms with E-state index < -0.39 is 32.5 Å². The van der Waals surface area contributed by atoms with Crippen molar-refractivity contribution < 1.29 is 21.6 Å². The normalized spacial score (nSPS) is 15.4. The molecule has 12 heteroatoms. The summed E-state index contributed by atoms with van der Waals surface area (Å²) < 4.78 is 56.1. The predicted octanol–water partition coefficient (Wildman–Crippen LogP) is 3.21. The highest BCUT2D eigenvalue weighted by molar-refractivity contribution is 9.10. The van der Waals surface area contributed by atoms with Gasteiger partial charge < -0.3 is 10.2 Å². The van der Waals surface area contributed by atoms with Gasteiger partial charge in [0.05, 0.1) is 16.3 Å². The first-order chi connectivity index (χ1) is 18.1. The molecule has 1 heterocycles. The number of sulfonamides is 2. The molecule has 0 unspecified atom stereocenters. The van der Waals surface area contributed by atoms with Crippen LogP contribution in [-0.4, -0.2) is 76.0 Å². The molecule has 0 aliphatic carbocycles. The first-order valence-corrected chi connectivity index (χ1v) is 15.6. The highest BCUT2D eigenvalue weighted by Crippen LogP contribution is 2.22. The first kappa shape index (κ1) is 28.4. The molecule has 0 saturated carbocycles. The van der Waals surface area contributed by atoms with Gasteiger partial charge in [-0.1, -0.05) is 46.3 Å². The second-order valence-electron chi connectivity index (χ2n) is 8.99. The van der Waals surface area contributed by atoms with E-state index in [4.69, 9.17) is 0 Å². The van der Waals surface area contributed by atoms with E-state index in [1.54, 1.807) is 36.4 Å². The summed E-state index contributed by atoms with van der Waals surface area (Å²) in [7, 11) is -5.67. The Kier molecular flexibility index (Phi) is 9.01. The molecule has 1 aliphatic rings. The largest absolute Gasteiger partial charge is 0.325 e. The van der Waals surface area contributed by atoms with Gasteiger partial charge >= 0.3 is 0 Å². The number of benzene rings is 3. The fourth-order valence-corrected chi connectivity index (χ4v) is 7.09. The lowest BCUT2D eigenvalue weighted by Gasteiger charge is -2.31. The molecule has 1 aliphatic heterocycles. The molecule has 0 bridgehead atoms. The third kappa shape index (κ3) is 6.87. The molecular weight excluding hydrogens is 592 g/mol. The van der Waals surface area contributed by atoms with Crippen LogP contribution in [0.2, 0.25) is 0 Å². The standard InChI is InChI=1S/C26H29BrN4O5S2/c1-29-15-17-30(18-16-29)37(33,34)25-13-9-23(10-14-25)28-26(32)20-31(19-21-5-3-2-4-6-21)38(35,36)24-11-7-22(27)8-12-24/h2-14H,15-20H2,1H3,(H,28,32). The monoisotopic (exact) mass is 620 g/mol. The summed E-state index contributed by atoms with van der Waals surface area (Å²) in [5.74, 6) is -0.545. The summed E-state index contributed by atoms with van der Waals surface area (Å²) in [5.41, 5.74) is 1.10. The van der Waals surface area contributed by atoms with Crippen LogP contribution in [0.15, 0.2) is 93.1 Å². The number of hydrogen-bond acceptors (Lipinski definition) is 6. The molecule has 1 fully saturated rings. The van der Waals surface area contributed by atoms with E-state index in [-0.39, 0.29) is 16.3 Å². The maximum atomic E-state index is 13.4. The smallest absolute Gasteiger partial charge is 0.243 e. The van der Waals surface area contributed by atoms with Gasteiger partial charge in [0.2, 0.25) is 26.0 Å². The van der Waals surface area contributed by atoms with E-state index in [2.05, 4.69) is 26.1 Å². The van der Waals surface area contributed by atoms with E-state index in [1.807, 2.05) is 13.1 Å². The maximum absolute atomic E-state index is 13.4. The fourth-order valence-electron chi connectivity index (χ4n) is 4.02.